The second-order valence-corrected chi connectivity index (χ2v) is 17.3. The molecule has 4 aliphatic heterocycles. The molecule has 4 aromatic carbocycles. The van der Waals surface area contributed by atoms with E-state index in [2.05, 4.69) is 41.7 Å². The normalized spacial score (nSPS) is 18.0. The minimum absolute atomic E-state index is 0.0215. The third-order valence-corrected chi connectivity index (χ3v) is 12.6. The number of carbonyl (C=O) groups excluding carboxylic acids is 5. The molecule has 4 amide bonds. The molecule has 4 aliphatic rings. The van der Waals surface area contributed by atoms with Gasteiger partial charge in [-0.3, -0.25) is 34.8 Å². The smallest absolute Gasteiger partial charge is 0.274 e. The van der Waals surface area contributed by atoms with Gasteiger partial charge in [-0.05, 0) is 123 Å². The van der Waals surface area contributed by atoms with Crippen LogP contribution >= 0.6 is 0 Å². The van der Waals surface area contributed by atoms with Gasteiger partial charge in [0.25, 0.3) is 5.91 Å². The summed E-state index contributed by atoms with van der Waals surface area (Å²) in [5.74, 6) is -2.21. The van der Waals surface area contributed by atoms with Gasteiger partial charge in [0.05, 0.1) is 5.56 Å². The molecular weight excluding hydrogens is 878 g/mol. The molecule has 2 atom stereocenters. The monoisotopic (exact) mass is 937 g/mol. The van der Waals surface area contributed by atoms with Gasteiger partial charge in [-0.2, -0.15) is 0 Å². The highest BCUT2D eigenvalue weighted by Crippen LogP contribution is 2.40. The topological polar surface area (TPSA) is 215 Å². The molecule has 4 aromatic rings. The Morgan fingerprint density at radius 2 is 1.58 bits per heavy atom. The van der Waals surface area contributed by atoms with Crippen molar-refractivity contribution >= 4 is 64.1 Å². The minimum Gasteiger partial charge on any atom is -0.387 e. The van der Waals surface area contributed by atoms with E-state index < -0.39 is 29.5 Å². The summed E-state index contributed by atoms with van der Waals surface area (Å²) in [5.41, 5.74) is 6.58. The number of nitrogens with zero attached hydrogens (tertiary/aromatic N) is 3. The van der Waals surface area contributed by atoms with Gasteiger partial charge >= 0.3 is 0 Å². The van der Waals surface area contributed by atoms with E-state index in [0.717, 1.165) is 67.9 Å². The molecule has 3 fully saturated rings. The Morgan fingerprint density at radius 3 is 2.25 bits per heavy atom. The number of carbonyl (C=O) groups is 5. The Bertz CT molecular complexity index is 2690. The molecule has 360 valence electrons. The highest BCUT2D eigenvalue weighted by atomic mass is 19.1. The molecule has 2 unspecified atom stereocenters. The lowest BCUT2D eigenvalue weighted by Gasteiger charge is -2.36. The zero-order chi connectivity index (χ0) is 49.2. The molecule has 16 nitrogen and oxygen atoms in total. The van der Waals surface area contributed by atoms with Gasteiger partial charge < -0.3 is 46.6 Å². The molecule has 0 radical (unpaired) electrons. The van der Waals surface area contributed by atoms with Gasteiger partial charge in [0, 0.05) is 104 Å². The van der Waals surface area contributed by atoms with Crippen LogP contribution in [-0.4, -0.2) is 119 Å². The number of dihydropyridines is 1. The van der Waals surface area contributed by atoms with Crippen molar-refractivity contribution in [3.05, 3.63) is 119 Å². The standard InChI is InChI=1S/C50H53FN10O5.C2H7N/c1-30(52)45-32(5-3-6-41(45)57-42-16-17-43(63)58-49(42)65)19-22-59-23-25-60(26-24-59)35-10-8-31(9-11-35)39-28-36(61-21-4-7-44(61)64)12-13-37(39)38-14-15-40(54-2)46(47(38)51)48(53)50(66)56-33-18-20-55-34(27-33)29-62;1-3-2/h3,5-6,8-15,18,20,27-29,34,42,52-55,57H,4,7,16-17,19,21-26H2,1-2H3,(H,56,66)(H,58,63,65);3H,1-2H3. The number of amides is 4. The van der Waals surface area contributed by atoms with Gasteiger partial charge in [-0.1, -0.05) is 30.3 Å². The van der Waals surface area contributed by atoms with Crippen molar-refractivity contribution in [2.24, 2.45) is 0 Å². The Balaban J connectivity index is 0.00000228. The summed E-state index contributed by atoms with van der Waals surface area (Å²) in [6, 6.07) is 21.5. The summed E-state index contributed by atoms with van der Waals surface area (Å²) in [5, 5.41) is 34.2. The van der Waals surface area contributed by atoms with Gasteiger partial charge in [0.2, 0.25) is 17.7 Å². The predicted molar refractivity (Wildman–Crippen MR) is 270 cm³/mol. The molecule has 69 heavy (non-hydrogen) atoms. The molecule has 0 bridgehead atoms. The zero-order valence-corrected chi connectivity index (χ0v) is 39.4. The maximum absolute atomic E-state index is 17.0. The first-order chi connectivity index (χ1) is 33.3. The van der Waals surface area contributed by atoms with Crippen LogP contribution in [0.25, 0.3) is 22.3 Å². The van der Waals surface area contributed by atoms with E-state index in [9.17, 15) is 24.0 Å². The fourth-order valence-corrected chi connectivity index (χ4v) is 9.10. The van der Waals surface area contributed by atoms with Crippen molar-refractivity contribution in [3.8, 4) is 22.3 Å². The van der Waals surface area contributed by atoms with E-state index in [1.165, 1.54) is 12.3 Å². The van der Waals surface area contributed by atoms with Gasteiger partial charge in [-0.25, -0.2) is 4.39 Å². The van der Waals surface area contributed by atoms with Gasteiger partial charge in [0.15, 0.2) is 0 Å². The summed E-state index contributed by atoms with van der Waals surface area (Å²) in [7, 11) is 5.34. The summed E-state index contributed by atoms with van der Waals surface area (Å²) < 4.78 is 17.0. The minimum atomic E-state index is -0.845. The van der Waals surface area contributed by atoms with Gasteiger partial charge in [-0.15, -0.1) is 0 Å². The van der Waals surface area contributed by atoms with Crippen LogP contribution in [0.15, 0.2) is 96.8 Å². The van der Waals surface area contributed by atoms with Crippen molar-refractivity contribution in [2.45, 2.75) is 51.1 Å². The third kappa shape index (κ3) is 11.4. The number of piperazine rings is 1. The van der Waals surface area contributed by atoms with E-state index >= 15 is 4.39 Å². The van der Waals surface area contributed by atoms with Crippen molar-refractivity contribution < 1.29 is 28.4 Å². The second kappa shape index (κ2) is 22.5. The Kier molecular flexibility index (Phi) is 16.1. The van der Waals surface area contributed by atoms with Crippen LogP contribution in [0.1, 0.15) is 49.3 Å². The van der Waals surface area contributed by atoms with E-state index in [1.807, 2.05) is 62.6 Å². The molecule has 0 saturated carbocycles. The largest absolute Gasteiger partial charge is 0.387 e. The highest BCUT2D eigenvalue weighted by molar-refractivity contribution is 6.45. The number of anilines is 4. The third-order valence-electron chi connectivity index (χ3n) is 12.6. The molecule has 3 saturated heterocycles. The number of rotatable bonds is 15. The van der Waals surface area contributed by atoms with E-state index in [1.54, 1.807) is 49.2 Å². The van der Waals surface area contributed by atoms with Crippen LogP contribution in [0.3, 0.4) is 0 Å². The maximum Gasteiger partial charge on any atom is 0.274 e. The number of aldehydes is 1. The van der Waals surface area contributed by atoms with E-state index in [4.69, 9.17) is 10.8 Å². The zero-order valence-electron chi connectivity index (χ0n) is 39.4. The van der Waals surface area contributed by atoms with Crippen molar-refractivity contribution in [1.82, 2.24) is 26.2 Å². The molecule has 0 spiro atoms. The van der Waals surface area contributed by atoms with Crippen molar-refractivity contribution in [3.63, 3.8) is 0 Å². The van der Waals surface area contributed by atoms with Crippen LogP contribution < -0.4 is 41.7 Å². The first-order valence-electron chi connectivity index (χ1n) is 23.2. The molecule has 0 aromatic heterocycles. The number of imide groups is 1. The molecule has 4 heterocycles. The number of piperidine rings is 1. The van der Waals surface area contributed by atoms with Crippen LogP contribution in [0, 0.1) is 16.6 Å². The van der Waals surface area contributed by atoms with Crippen LogP contribution in [0.2, 0.25) is 0 Å². The lowest BCUT2D eigenvalue weighted by atomic mass is 9.91. The summed E-state index contributed by atoms with van der Waals surface area (Å²) in [4.78, 5) is 68.2. The molecule has 8 N–H and O–H groups in total. The first kappa shape index (κ1) is 49.4. The van der Waals surface area contributed by atoms with E-state index in [0.29, 0.717) is 59.6 Å². The predicted octanol–water partition coefficient (Wildman–Crippen LogP) is 5.19. The first-order valence-corrected chi connectivity index (χ1v) is 23.2. The molecule has 0 aliphatic carbocycles. The lowest BCUT2D eigenvalue weighted by Crippen LogP contribution is -2.47. The molecule has 17 heteroatoms. The van der Waals surface area contributed by atoms with Gasteiger partial charge in [0.1, 0.15) is 29.9 Å². The van der Waals surface area contributed by atoms with Crippen LogP contribution in [0.5, 0.6) is 0 Å². The van der Waals surface area contributed by atoms with Crippen molar-refractivity contribution in [2.75, 3.05) is 80.8 Å². The summed E-state index contributed by atoms with van der Waals surface area (Å²) >= 11 is 0. The van der Waals surface area contributed by atoms with Crippen LogP contribution in [0.4, 0.5) is 27.1 Å². The number of hydrogen-bond acceptors (Lipinski definition) is 13. The number of hydrogen-bond donors (Lipinski definition) is 8. The van der Waals surface area contributed by atoms with E-state index in [-0.39, 0.29) is 41.0 Å². The second-order valence-electron chi connectivity index (χ2n) is 17.3. The Labute approximate surface area is 401 Å². The fourth-order valence-electron chi connectivity index (χ4n) is 9.10. The SMILES string of the molecule is CNC.CNc1ccc(-c2ccc(N3CCCC3=O)cc2-c2ccc(N3CCN(CCc4cccc(NC5CCC(=O)NC5=O)c4C(C)=N)CC3)cc2)c(F)c1C(=N)C(=O)NC1=CC(C=O)NC=C1. The highest BCUT2D eigenvalue weighted by Gasteiger charge is 2.29. The fraction of sp³-hybridized carbons (Fsp3) is 0.327. The average Bonchev–Trinajstić information content (AvgIpc) is 3.79. The number of benzene rings is 4. The average molecular weight is 938 g/mol. The Hall–Kier alpha value is -7.50. The lowest BCUT2D eigenvalue weighted by molar-refractivity contribution is -0.133. The summed E-state index contributed by atoms with van der Waals surface area (Å²) in [6.07, 6.45) is 7.83. The number of allylic oxidation sites excluding steroid dienone is 1. The Morgan fingerprint density at radius 1 is 0.855 bits per heavy atom. The molecular formula is C52H60FN11O5. The number of halogens is 1. The summed E-state index contributed by atoms with van der Waals surface area (Å²) in [6.45, 7) is 6.35. The van der Waals surface area contributed by atoms with Crippen molar-refractivity contribution in [1.29, 1.82) is 10.8 Å². The quantitative estimate of drug-likeness (QED) is 0.0442. The number of nitrogens with one attached hydrogen (secondary N) is 8. The maximum atomic E-state index is 17.0. The van der Waals surface area contributed by atoms with Crippen LogP contribution in [-0.2, 0) is 30.4 Å². The molecule has 8 rings (SSSR count).